The summed E-state index contributed by atoms with van der Waals surface area (Å²) in [6.07, 6.45) is 13.2. The molecule has 0 fully saturated rings. The summed E-state index contributed by atoms with van der Waals surface area (Å²) in [5.41, 5.74) is 6.98. The van der Waals surface area contributed by atoms with E-state index in [9.17, 15) is 5.26 Å². The molecule has 6 aromatic rings. The number of hydrogen-bond donors (Lipinski definition) is 0. The van der Waals surface area contributed by atoms with Crippen LogP contribution in [-0.4, -0.2) is 54.7 Å². The van der Waals surface area contributed by atoms with Crippen molar-refractivity contribution in [2.45, 2.75) is 31.5 Å². The van der Waals surface area contributed by atoms with E-state index in [1.807, 2.05) is 123 Å². The van der Waals surface area contributed by atoms with Crippen molar-refractivity contribution in [3.63, 3.8) is 0 Å². The molecule has 0 amide bonds. The number of thioether (sulfide) groups is 1. The molecule has 0 N–H and O–H groups in total. The van der Waals surface area contributed by atoms with Crippen molar-refractivity contribution in [1.29, 1.82) is 5.26 Å². The van der Waals surface area contributed by atoms with Gasteiger partial charge in [-0.25, -0.2) is 0 Å². The van der Waals surface area contributed by atoms with Gasteiger partial charge in [-0.1, -0.05) is 49.1 Å². The summed E-state index contributed by atoms with van der Waals surface area (Å²) in [5.74, 6) is 0.807. The zero-order valence-corrected chi connectivity index (χ0v) is 38.9. The summed E-state index contributed by atoms with van der Waals surface area (Å²) in [6.45, 7) is 8.81. The summed E-state index contributed by atoms with van der Waals surface area (Å²) >= 11 is 9.09. The molecule has 8 nitrogen and oxygen atoms in total. The second kappa shape index (κ2) is 27.5. The number of quaternary nitrogens is 2. The van der Waals surface area contributed by atoms with Crippen LogP contribution < -0.4 is 13.7 Å². The number of ether oxygens (including phenoxy) is 1. The number of benzene rings is 3. The van der Waals surface area contributed by atoms with Crippen molar-refractivity contribution < 1.29 is 34.9 Å². The molecule has 6 rings (SSSR count). The first-order chi connectivity index (χ1) is 28.8. The number of hydrogen-bond acceptors (Lipinski definition) is 7. The van der Waals surface area contributed by atoms with E-state index >= 15 is 0 Å². The molecular weight excluding hydrogens is 909 g/mol. The molecule has 0 saturated heterocycles. The van der Waals surface area contributed by atoms with Crippen molar-refractivity contribution in [2.75, 3.05) is 34.0 Å². The van der Waals surface area contributed by atoms with Crippen LogP contribution in [0.2, 0.25) is 0 Å². The molecule has 1 unspecified atom stereocenters. The topological polar surface area (TPSA) is 84.0 Å². The number of halogens is 2. The van der Waals surface area contributed by atoms with Gasteiger partial charge in [-0.2, -0.15) is 5.26 Å². The molecular formula is C47H52Cl2Cu2N7OS+2. The quantitative estimate of drug-likeness (QED) is 0.0356. The Balaban J connectivity index is 0.000000382. The van der Waals surface area contributed by atoms with E-state index in [4.69, 9.17) is 4.74 Å². The second-order valence-corrected chi connectivity index (χ2v) is 14.4. The van der Waals surface area contributed by atoms with Crippen LogP contribution in [0.25, 0.3) is 10.8 Å². The summed E-state index contributed by atoms with van der Waals surface area (Å²) < 4.78 is 7.03. The van der Waals surface area contributed by atoms with Gasteiger partial charge in [0.05, 0.1) is 60.5 Å². The first-order valence-electron chi connectivity index (χ1n) is 18.3. The molecule has 1 atom stereocenters. The van der Waals surface area contributed by atoms with E-state index in [0.717, 1.165) is 58.1 Å². The van der Waals surface area contributed by atoms with Gasteiger partial charge in [0.15, 0.2) is 11.4 Å². The van der Waals surface area contributed by atoms with Gasteiger partial charge in [-0.15, -0.1) is 11.8 Å². The maximum absolute atomic E-state index is 9.32. The van der Waals surface area contributed by atoms with Gasteiger partial charge in [-0.05, 0) is 91.4 Å². The monoisotopic (exact) mass is 958 g/mol. The second-order valence-electron chi connectivity index (χ2n) is 13.5. The summed E-state index contributed by atoms with van der Waals surface area (Å²) in [7, 11) is 14.5. The Kier molecular flexibility index (Phi) is 23.8. The number of methoxy groups -OCH3 is 1. The average molecular weight is 961 g/mol. The molecule has 3 aromatic heterocycles. The number of aliphatic imine (C=N–C) groups is 1. The Bertz CT molecular complexity index is 2260. The van der Waals surface area contributed by atoms with Gasteiger partial charge in [0.25, 0.3) is 0 Å². The van der Waals surface area contributed by atoms with Crippen LogP contribution in [0, 0.1) is 18.8 Å². The fraction of sp³-hybridized carbons (Fsp3) is 0.191. The number of rotatable bonds is 14. The molecule has 0 aliphatic heterocycles. The molecule has 0 spiro atoms. The van der Waals surface area contributed by atoms with Gasteiger partial charge in [0.1, 0.15) is 31.9 Å². The number of pyridine rings is 3. The van der Waals surface area contributed by atoms with Crippen LogP contribution in [0.5, 0.6) is 5.75 Å². The standard InChI is InChI=1S/C25H23N4O.C21H26N3S.CH3.2ClH.2Cu/c1-29(17-21-7-3-5-13-27-21,18-22-8-4-6-14-28-22)25-23-11-9-19(16-26)15-20(23)10-12-24(25)30-2;1-5-14-22-18(6-2)16-24(3,17-19-11-9-10-15-23-19)20-12-7-8-13-21(20)25-4;;;;;/h3-15H,17-18H2,1-2H3;5-15H,2,16-17H2,1,3-4H3;1H3;2*1H;;/q2*+1;-1;;;+1;+2/p-2/b;14-5-,22-18?;;;;;. The Morgan fingerprint density at radius 2 is 1.37 bits per heavy atom. The molecule has 0 bridgehead atoms. The third-order valence-corrected chi connectivity index (χ3v) is 10.1. The van der Waals surface area contributed by atoms with Crippen molar-refractivity contribution in [1.82, 2.24) is 23.9 Å². The Morgan fingerprint density at radius 3 is 1.83 bits per heavy atom. The van der Waals surface area contributed by atoms with Crippen LogP contribution in [0.3, 0.4) is 0 Å². The fourth-order valence-corrected chi connectivity index (χ4v) is 7.55. The van der Waals surface area contributed by atoms with E-state index in [0.29, 0.717) is 27.6 Å². The summed E-state index contributed by atoms with van der Waals surface area (Å²) in [4.78, 5) is 19.5. The number of aromatic nitrogens is 3. The number of allylic oxidation sites excluding steroid dienone is 1. The van der Waals surface area contributed by atoms with Crippen molar-refractivity contribution in [3.8, 4) is 11.8 Å². The van der Waals surface area contributed by atoms with Gasteiger partial charge in [-0.3, -0.25) is 28.9 Å². The van der Waals surface area contributed by atoms with Crippen LogP contribution >= 0.6 is 32.0 Å². The average Bonchev–Trinajstić information content (AvgIpc) is 3.29. The maximum atomic E-state index is 9.32. The van der Waals surface area contributed by atoms with Gasteiger partial charge < -0.3 is 12.2 Å². The molecule has 3 aromatic carbocycles. The van der Waals surface area contributed by atoms with E-state index < -0.39 is 0 Å². The predicted molar refractivity (Wildman–Crippen MR) is 248 cm³/mol. The van der Waals surface area contributed by atoms with Crippen LogP contribution in [0.15, 0.2) is 163 Å². The number of fused-ring (bicyclic) bond motifs is 1. The zero-order chi connectivity index (χ0) is 43.1. The van der Waals surface area contributed by atoms with Crippen molar-refractivity contribution in [2.24, 2.45) is 4.99 Å². The molecule has 0 aliphatic carbocycles. The molecule has 321 valence electrons. The van der Waals surface area contributed by atoms with Gasteiger partial charge in [0, 0.05) is 36.2 Å². The molecule has 0 saturated carbocycles. The molecule has 0 radical (unpaired) electrons. The van der Waals surface area contributed by atoms with Gasteiger partial charge >= 0.3 is 50.4 Å². The first-order valence-corrected chi connectivity index (χ1v) is 22.1. The zero-order valence-electron chi connectivity index (χ0n) is 34.7. The van der Waals surface area contributed by atoms with Crippen molar-refractivity contribution >= 4 is 59.8 Å². The fourth-order valence-electron chi connectivity index (χ4n) is 6.83. The minimum atomic E-state index is 0. The minimum absolute atomic E-state index is 0. The van der Waals surface area contributed by atoms with Gasteiger partial charge in [0.2, 0.25) is 0 Å². The van der Waals surface area contributed by atoms with E-state index in [1.165, 1.54) is 10.6 Å². The first kappa shape index (κ1) is 51.8. The molecule has 13 heteroatoms. The predicted octanol–water partition coefficient (Wildman–Crippen LogP) is 11.8. The van der Waals surface area contributed by atoms with Crippen LogP contribution in [0.1, 0.15) is 29.6 Å². The van der Waals surface area contributed by atoms with Crippen molar-refractivity contribution in [3.05, 3.63) is 183 Å². The molecule has 3 heterocycles. The van der Waals surface area contributed by atoms with E-state index in [-0.39, 0.29) is 7.43 Å². The van der Waals surface area contributed by atoms with Crippen LogP contribution in [-0.2, 0) is 49.8 Å². The third-order valence-electron chi connectivity index (χ3n) is 9.36. The third kappa shape index (κ3) is 14.7. The van der Waals surface area contributed by atoms with Crippen LogP contribution in [0.4, 0.5) is 11.4 Å². The molecule has 0 aliphatic rings. The summed E-state index contributed by atoms with van der Waals surface area (Å²) in [5, 5.41) is 11.4. The normalized spacial score (nSPS) is 11.9. The van der Waals surface area contributed by atoms with E-state index in [2.05, 4.69) is 134 Å². The SMILES string of the molecule is C=CC(C[N+](C)(Cc1ccccn1)c1ccccc1SC)=N/C=C\C.COc1ccc2cc(C#N)ccc2c1[N+](C)(Cc1ccccn1)Cc1ccccn1.[CH3-].[Cl][Cu+].[Cl][Cu]. The Hall–Kier alpha value is -4.30. The Labute approximate surface area is 386 Å². The number of para-hydroxylation sites is 1. The summed E-state index contributed by atoms with van der Waals surface area (Å²) in [6, 6.07) is 38.6. The number of nitriles is 1. The molecule has 60 heavy (non-hydrogen) atoms. The number of nitrogens with zero attached hydrogens (tertiary/aromatic N) is 7. The van der Waals surface area contributed by atoms with E-state index in [1.54, 1.807) is 18.9 Å². The Morgan fingerprint density at radius 1 is 0.833 bits per heavy atom.